The molecule has 0 radical (unpaired) electrons. The smallest absolute Gasteiger partial charge is 0.313 e. The molecule has 0 bridgehead atoms. The summed E-state index contributed by atoms with van der Waals surface area (Å²) in [7, 11) is -3.71. The van der Waals surface area contributed by atoms with E-state index < -0.39 is 21.8 Å². The Morgan fingerprint density at radius 3 is 2.44 bits per heavy atom. The number of ether oxygens (including phenoxy) is 1. The van der Waals surface area contributed by atoms with Gasteiger partial charge < -0.3 is 15.4 Å². The number of hydrogen-bond acceptors (Lipinski definition) is 5. The van der Waals surface area contributed by atoms with Gasteiger partial charge in [-0.05, 0) is 30.7 Å². The third kappa shape index (κ3) is 4.50. The number of rotatable bonds is 5. The molecule has 1 heterocycles. The van der Waals surface area contributed by atoms with Crippen LogP contribution in [0.2, 0.25) is 0 Å². The lowest BCUT2D eigenvalue weighted by molar-refractivity contribution is -0.136. The first kappa shape index (κ1) is 18.6. The van der Waals surface area contributed by atoms with E-state index in [1.165, 1.54) is 6.07 Å². The van der Waals surface area contributed by atoms with Crippen molar-refractivity contribution < 1.29 is 22.7 Å². The highest BCUT2D eigenvalue weighted by Gasteiger charge is 2.29. The summed E-state index contributed by atoms with van der Waals surface area (Å²) in [6, 6.07) is 15.0. The molecule has 140 valence electrons. The molecule has 0 saturated carbocycles. The van der Waals surface area contributed by atoms with Gasteiger partial charge in [0.25, 0.3) is 10.0 Å². The molecule has 2 aromatic carbocycles. The van der Waals surface area contributed by atoms with Crippen molar-refractivity contribution >= 4 is 33.4 Å². The van der Waals surface area contributed by atoms with E-state index in [2.05, 4.69) is 15.0 Å². The van der Waals surface area contributed by atoms with Crippen LogP contribution >= 0.6 is 0 Å². The first-order chi connectivity index (χ1) is 13.0. The Morgan fingerprint density at radius 1 is 0.963 bits per heavy atom. The molecule has 0 saturated heterocycles. The SMILES string of the molecule is O=C(NCCCOC1=NS(=O)(=O)c2ccccc21)C(=O)Nc1ccccc1. The van der Waals surface area contributed by atoms with Crippen molar-refractivity contribution in [2.24, 2.45) is 4.40 Å². The van der Waals surface area contributed by atoms with Crippen LogP contribution in [0.25, 0.3) is 0 Å². The van der Waals surface area contributed by atoms with Gasteiger partial charge >= 0.3 is 11.8 Å². The molecule has 1 aliphatic rings. The van der Waals surface area contributed by atoms with Crippen molar-refractivity contribution in [2.45, 2.75) is 11.3 Å². The fourth-order valence-electron chi connectivity index (χ4n) is 2.41. The zero-order valence-electron chi connectivity index (χ0n) is 14.2. The van der Waals surface area contributed by atoms with Gasteiger partial charge in [-0.15, -0.1) is 4.40 Å². The van der Waals surface area contributed by atoms with Crippen LogP contribution in [-0.2, 0) is 24.3 Å². The maximum atomic E-state index is 11.9. The number of carbonyl (C=O) groups is 2. The Hall–Kier alpha value is -3.20. The van der Waals surface area contributed by atoms with Crippen LogP contribution in [0.5, 0.6) is 0 Å². The Balaban J connectivity index is 1.42. The average molecular weight is 387 g/mol. The number of sulfonamides is 1. The van der Waals surface area contributed by atoms with Gasteiger partial charge in [-0.2, -0.15) is 8.42 Å². The van der Waals surface area contributed by atoms with E-state index in [1.807, 2.05) is 0 Å². The summed E-state index contributed by atoms with van der Waals surface area (Å²) in [6.45, 7) is 0.339. The Bertz CT molecular complexity index is 987. The normalized spacial score (nSPS) is 14.0. The van der Waals surface area contributed by atoms with Gasteiger partial charge in [0, 0.05) is 12.2 Å². The molecule has 0 aliphatic carbocycles. The molecule has 1 aliphatic heterocycles. The number of amides is 2. The maximum Gasteiger partial charge on any atom is 0.313 e. The first-order valence-electron chi connectivity index (χ1n) is 8.19. The van der Waals surface area contributed by atoms with E-state index in [4.69, 9.17) is 4.74 Å². The summed E-state index contributed by atoms with van der Waals surface area (Å²) in [4.78, 5) is 23.6. The monoisotopic (exact) mass is 387 g/mol. The van der Waals surface area contributed by atoms with Gasteiger partial charge in [0.2, 0.25) is 5.90 Å². The fraction of sp³-hybridized carbons (Fsp3) is 0.167. The highest BCUT2D eigenvalue weighted by molar-refractivity contribution is 7.90. The molecular formula is C18H17N3O5S. The van der Waals surface area contributed by atoms with Gasteiger partial charge in [0.05, 0.1) is 12.2 Å². The van der Waals surface area contributed by atoms with Crippen molar-refractivity contribution in [3.05, 3.63) is 60.2 Å². The van der Waals surface area contributed by atoms with Gasteiger partial charge in [-0.1, -0.05) is 30.3 Å². The third-order valence-electron chi connectivity index (χ3n) is 3.68. The van der Waals surface area contributed by atoms with E-state index >= 15 is 0 Å². The standard InChI is InChI=1S/C18H17N3O5S/c22-16(17(23)20-13-7-2-1-3-8-13)19-11-6-12-26-18-14-9-4-5-10-15(14)27(24,25)21-18/h1-5,7-10H,6,11-12H2,(H,19,22)(H,20,23). The molecule has 2 amide bonds. The minimum Gasteiger partial charge on any atom is -0.477 e. The summed E-state index contributed by atoms with van der Waals surface area (Å²) in [5.41, 5.74) is 0.948. The van der Waals surface area contributed by atoms with Gasteiger partial charge in [0.1, 0.15) is 4.90 Å². The van der Waals surface area contributed by atoms with Crippen LogP contribution < -0.4 is 10.6 Å². The van der Waals surface area contributed by atoms with E-state index in [1.54, 1.807) is 48.5 Å². The minimum atomic E-state index is -3.71. The Labute approximate surface area is 156 Å². The molecule has 8 nitrogen and oxygen atoms in total. The molecule has 0 spiro atoms. The summed E-state index contributed by atoms with van der Waals surface area (Å²) in [5, 5.41) is 4.95. The molecule has 0 atom stereocenters. The number of carbonyl (C=O) groups excluding carboxylic acids is 2. The lowest BCUT2D eigenvalue weighted by atomic mass is 10.2. The highest BCUT2D eigenvalue weighted by atomic mass is 32.2. The number of para-hydroxylation sites is 1. The molecule has 2 aromatic rings. The maximum absolute atomic E-state index is 11.9. The number of fused-ring (bicyclic) bond motifs is 1. The van der Waals surface area contributed by atoms with E-state index in [0.29, 0.717) is 17.7 Å². The molecule has 27 heavy (non-hydrogen) atoms. The largest absolute Gasteiger partial charge is 0.477 e. The summed E-state index contributed by atoms with van der Waals surface area (Å²) in [6.07, 6.45) is 0.381. The fourth-order valence-corrected chi connectivity index (χ4v) is 3.56. The summed E-state index contributed by atoms with van der Waals surface area (Å²) < 4.78 is 32.8. The molecule has 9 heteroatoms. The van der Waals surface area contributed by atoms with Crippen molar-refractivity contribution in [1.82, 2.24) is 5.32 Å². The van der Waals surface area contributed by atoms with Crippen LogP contribution in [0, 0.1) is 0 Å². The number of nitrogens with one attached hydrogen (secondary N) is 2. The quantitative estimate of drug-likeness (QED) is 0.593. The zero-order valence-corrected chi connectivity index (χ0v) is 15.0. The van der Waals surface area contributed by atoms with E-state index in [9.17, 15) is 18.0 Å². The second-order valence-electron chi connectivity index (χ2n) is 5.65. The van der Waals surface area contributed by atoms with Crippen molar-refractivity contribution in [1.29, 1.82) is 0 Å². The molecule has 0 aromatic heterocycles. The molecule has 3 rings (SSSR count). The van der Waals surface area contributed by atoms with E-state index in [-0.39, 0.29) is 23.9 Å². The molecular weight excluding hydrogens is 370 g/mol. The second kappa shape index (κ2) is 8.00. The van der Waals surface area contributed by atoms with Crippen LogP contribution in [0.1, 0.15) is 12.0 Å². The van der Waals surface area contributed by atoms with Crippen molar-refractivity contribution in [3.8, 4) is 0 Å². The van der Waals surface area contributed by atoms with Gasteiger partial charge in [-0.25, -0.2) is 0 Å². The van der Waals surface area contributed by atoms with Gasteiger partial charge in [0.15, 0.2) is 0 Å². The van der Waals surface area contributed by atoms with Crippen molar-refractivity contribution in [3.63, 3.8) is 0 Å². The topological polar surface area (TPSA) is 114 Å². The second-order valence-corrected chi connectivity index (χ2v) is 7.22. The van der Waals surface area contributed by atoms with E-state index in [0.717, 1.165) is 0 Å². The molecule has 0 fully saturated rings. The highest BCUT2D eigenvalue weighted by Crippen LogP contribution is 2.26. The van der Waals surface area contributed by atoms with Crippen molar-refractivity contribution in [2.75, 3.05) is 18.5 Å². The summed E-state index contributed by atoms with van der Waals surface area (Å²) in [5.74, 6) is -1.48. The summed E-state index contributed by atoms with van der Waals surface area (Å²) >= 11 is 0. The Kier molecular flexibility index (Phi) is 5.51. The predicted octanol–water partition coefficient (Wildman–Crippen LogP) is 1.30. The van der Waals surface area contributed by atoms with Crippen LogP contribution in [0.4, 0.5) is 5.69 Å². The lowest BCUT2D eigenvalue weighted by Gasteiger charge is -2.08. The number of anilines is 1. The average Bonchev–Trinajstić information content (AvgIpc) is 2.93. The number of benzene rings is 2. The zero-order chi connectivity index (χ0) is 19.3. The van der Waals surface area contributed by atoms with Crippen LogP contribution in [0.15, 0.2) is 63.9 Å². The van der Waals surface area contributed by atoms with Crippen LogP contribution in [0.3, 0.4) is 0 Å². The van der Waals surface area contributed by atoms with Crippen LogP contribution in [-0.4, -0.2) is 39.3 Å². The minimum absolute atomic E-state index is 0.0405. The third-order valence-corrected chi connectivity index (χ3v) is 5.00. The molecule has 2 N–H and O–H groups in total. The van der Waals surface area contributed by atoms with Gasteiger partial charge in [-0.3, -0.25) is 9.59 Å². The first-order valence-corrected chi connectivity index (χ1v) is 9.63. The molecule has 0 unspecified atom stereocenters. The Morgan fingerprint density at radius 2 is 1.67 bits per heavy atom. The predicted molar refractivity (Wildman–Crippen MR) is 98.8 cm³/mol. The number of nitrogens with zero attached hydrogens (tertiary/aromatic N) is 1. The lowest BCUT2D eigenvalue weighted by Crippen LogP contribution is -2.36. The number of hydrogen-bond donors (Lipinski definition) is 2.